The van der Waals surface area contributed by atoms with E-state index in [1.807, 2.05) is 0 Å². The van der Waals surface area contributed by atoms with Crippen LogP contribution < -0.4 is 10.1 Å². The Hall–Kier alpha value is -2.75. The molecule has 1 saturated heterocycles. The number of hydrogen-bond donors (Lipinski definition) is 1. The van der Waals surface area contributed by atoms with Crippen molar-refractivity contribution in [3.8, 4) is 5.75 Å². The summed E-state index contributed by atoms with van der Waals surface area (Å²) in [6.07, 6.45) is -0.457. The number of amides is 2. The SMILES string of the molecule is Cc1nc(NC(=O)c2sc3cc(F)ccc3c2Cl)c(C)c(C)c1OC(=O)N1CCOCC1. The molecule has 0 spiro atoms. The largest absolute Gasteiger partial charge is 0.415 e. The van der Waals surface area contributed by atoms with Crippen molar-refractivity contribution in [2.24, 2.45) is 0 Å². The molecule has 0 bridgehead atoms. The molecule has 0 unspecified atom stereocenters. The Labute approximate surface area is 193 Å². The molecule has 168 valence electrons. The monoisotopic (exact) mass is 477 g/mol. The van der Waals surface area contributed by atoms with Crippen molar-refractivity contribution in [2.75, 3.05) is 31.6 Å². The van der Waals surface area contributed by atoms with Gasteiger partial charge in [0.1, 0.15) is 16.5 Å². The van der Waals surface area contributed by atoms with Gasteiger partial charge >= 0.3 is 6.09 Å². The zero-order valence-corrected chi connectivity index (χ0v) is 19.3. The number of ether oxygens (including phenoxy) is 2. The van der Waals surface area contributed by atoms with Crippen LogP contribution in [0.4, 0.5) is 15.0 Å². The lowest BCUT2D eigenvalue weighted by Crippen LogP contribution is -2.42. The third-order valence-electron chi connectivity index (χ3n) is 5.35. The number of pyridine rings is 1. The molecule has 32 heavy (non-hydrogen) atoms. The second-order valence-corrected chi connectivity index (χ2v) is 8.86. The predicted molar refractivity (Wildman–Crippen MR) is 122 cm³/mol. The van der Waals surface area contributed by atoms with Gasteiger partial charge in [0.15, 0.2) is 5.75 Å². The van der Waals surface area contributed by atoms with Gasteiger partial charge in [-0.1, -0.05) is 11.6 Å². The number of carbonyl (C=O) groups is 2. The predicted octanol–water partition coefficient (Wildman–Crippen LogP) is 5.10. The first-order valence-electron chi connectivity index (χ1n) is 9.97. The van der Waals surface area contributed by atoms with E-state index < -0.39 is 17.8 Å². The number of benzene rings is 1. The fourth-order valence-corrected chi connectivity index (χ4v) is 4.88. The number of nitrogens with one attached hydrogen (secondary N) is 1. The van der Waals surface area contributed by atoms with Crippen molar-refractivity contribution in [3.05, 3.63) is 50.7 Å². The summed E-state index contributed by atoms with van der Waals surface area (Å²) >= 11 is 7.48. The van der Waals surface area contributed by atoms with Gasteiger partial charge in [0, 0.05) is 28.7 Å². The Bertz CT molecular complexity index is 1220. The minimum Gasteiger partial charge on any atom is -0.408 e. The van der Waals surface area contributed by atoms with Crippen LogP contribution in [0.2, 0.25) is 5.02 Å². The number of aromatic nitrogens is 1. The molecule has 3 heterocycles. The zero-order chi connectivity index (χ0) is 23.0. The van der Waals surface area contributed by atoms with Crippen LogP contribution in [0.3, 0.4) is 0 Å². The van der Waals surface area contributed by atoms with E-state index in [0.717, 1.165) is 11.3 Å². The molecule has 3 aromatic rings. The van der Waals surface area contributed by atoms with Gasteiger partial charge in [0.25, 0.3) is 5.91 Å². The molecule has 2 amide bonds. The Kier molecular flexibility index (Phi) is 6.32. The van der Waals surface area contributed by atoms with Crippen molar-refractivity contribution in [1.29, 1.82) is 0 Å². The number of hydrogen-bond acceptors (Lipinski definition) is 6. The highest BCUT2D eigenvalue weighted by atomic mass is 35.5. The topological polar surface area (TPSA) is 80.8 Å². The highest BCUT2D eigenvalue weighted by molar-refractivity contribution is 7.21. The molecule has 0 radical (unpaired) electrons. The van der Waals surface area contributed by atoms with Crippen LogP contribution in [0.15, 0.2) is 18.2 Å². The average Bonchev–Trinajstić information content (AvgIpc) is 3.11. The lowest BCUT2D eigenvalue weighted by molar-refractivity contribution is 0.0414. The molecule has 10 heteroatoms. The lowest BCUT2D eigenvalue weighted by Gasteiger charge is -2.26. The van der Waals surface area contributed by atoms with Crippen molar-refractivity contribution in [3.63, 3.8) is 0 Å². The molecule has 2 aromatic heterocycles. The highest BCUT2D eigenvalue weighted by Crippen LogP contribution is 2.37. The van der Waals surface area contributed by atoms with Gasteiger partial charge in [-0.25, -0.2) is 14.2 Å². The van der Waals surface area contributed by atoms with Crippen LogP contribution in [0, 0.1) is 26.6 Å². The van der Waals surface area contributed by atoms with E-state index in [9.17, 15) is 14.0 Å². The zero-order valence-electron chi connectivity index (χ0n) is 17.8. The van der Waals surface area contributed by atoms with Gasteiger partial charge in [0.05, 0.1) is 23.9 Å². The summed E-state index contributed by atoms with van der Waals surface area (Å²) in [5.41, 5.74) is 1.82. The van der Waals surface area contributed by atoms with E-state index in [0.29, 0.717) is 64.8 Å². The van der Waals surface area contributed by atoms with Gasteiger partial charge in [-0.15, -0.1) is 11.3 Å². The fraction of sp³-hybridized carbons (Fsp3) is 0.318. The second-order valence-electron chi connectivity index (χ2n) is 7.43. The van der Waals surface area contributed by atoms with Crippen LogP contribution in [-0.4, -0.2) is 48.2 Å². The summed E-state index contributed by atoms with van der Waals surface area (Å²) in [5, 5.41) is 3.67. The quantitative estimate of drug-likeness (QED) is 0.567. The number of nitrogens with zero attached hydrogens (tertiary/aromatic N) is 2. The summed E-state index contributed by atoms with van der Waals surface area (Å²) in [6, 6.07) is 4.20. The smallest absolute Gasteiger partial charge is 0.408 e. The van der Waals surface area contributed by atoms with Crippen molar-refractivity contribution >= 4 is 50.8 Å². The molecule has 1 aliphatic heterocycles. The Morgan fingerprint density at radius 1 is 1.22 bits per heavy atom. The summed E-state index contributed by atoms with van der Waals surface area (Å²) < 4.78 is 25.0. The summed E-state index contributed by atoms with van der Waals surface area (Å²) in [6.45, 7) is 7.18. The molecule has 1 aliphatic rings. The molecular weight excluding hydrogens is 457 g/mol. The fourth-order valence-electron chi connectivity index (χ4n) is 3.44. The molecule has 1 fully saturated rings. The minimum atomic E-state index is -0.457. The molecule has 0 atom stereocenters. The lowest BCUT2D eigenvalue weighted by atomic mass is 10.1. The average molecular weight is 478 g/mol. The second kappa shape index (κ2) is 9.01. The van der Waals surface area contributed by atoms with E-state index in [1.54, 1.807) is 31.7 Å². The van der Waals surface area contributed by atoms with E-state index in [2.05, 4.69) is 10.3 Å². The maximum Gasteiger partial charge on any atom is 0.415 e. The Morgan fingerprint density at radius 2 is 1.94 bits per heavy atom. The number of halogens is 2. The van der Waals surface area contributed by atoms with Crippen molar-refractivity contribution in [2.45, 2.75) is 20.8 Å². The molecule has 4 rings (SSSR count). The van der Waals surface area contributed by atoms with Gasteiger partial charge in [0.2, 0.25) is 0 Å². The number of carbonyl (C=O) groups excluding carboxylic acids is 2. The van der Waals surface area contributed by atoms with Crippen molar-refractivity contribution < 1.29 is 23.5 Å². The van der Waals surface area contributed by atoms with Gasteiger partial charge in [-0.2, -0.15) is 0 Å². The first-order chi connectivity index (χ1) is 15.3. The van der Waals surface area contributed by atoms with E-state index in [1.165, 1.54) is 12.1 Å². The summed E-state index contributed by atoms with van der Waals surface area (Å²) in [7, 11) is 0. The van der Waals surface area contributed by atoms with E-state index in [4.69, 9.17) is 21.1 Å². The number of morpholine rings is 1. The van der Waals surface area contributed by atoms with E-state index >= 15 is 0 Å². The molecule has 1 aromatic carbocycles. The Balaban J connectivity index is 1.57. The number of fused-ring (bicyclic) bond motifs is 1. The van der Waals surface area contributed by atoms with Crippen LogP contribution in [0.25, 0.3) is 10.1 Å². The van der Waals surface area contributed by atoms with Crippen LogP contribution in [0.5, 0.6) is 5.75 Å². The maximum absolute atomic E-state index is 13.5. The molecule has 0 saturated carbocycles. The number of anilines is 1. The van der Waals surface area contributed by atoms with Gasteiger partial charge in [-0.05, 0) is 44.5 Å². The van der Waals surface area contributed by atoms with Crippen molar-refractivity contribution in [1.82, 2.24) is 9.88 Å². The van der Waals surface area contributed by atoms with Crippen LogP contribution in [-0.2, 0) is 4.74 Å². The molecular formula is C22H21ClFN3O4S. The maximum atomic E-state index is 13.5. The molecule has 1 N–H and O–H groups in total. The normalized spacial score (nSPS) is 14.0. The first-order valence-corrected chi connectivity index (χ1v) is 11.2. The van der Waals surface area contributed by atoms with Gasteiger partial charge < -0.3 is 19.7 Å². The van der Waals surface area contributed by atoms with Gasteiger partial charge in [-0.3, -0.25) is 4.79 Å². The third kappa shape index (κ3) is 4.28. The number of rotatable bonds is 3. The summed E-state index contributed by atoms with van der Waals surface area (Å²) in [5.74, 6) is -0.124. The first kappa shape index (κ1) is 22.4. The standard InChI is InChI=1S/C22H21ClFN3O4S/c1-11-12(2)20(25-13(3)18(11)31-22(29)27-6-8-30-9-7-27)26-21(28)19-17(23)15-5-4-14(24)10-16(15)32-19/h4-5,10H,6-9H2,1-3H3,(H,25,26,28). The Morgan fingerprint density at radius 3 is 2.66 bits per heavy atom. The number of thiophene rings is 1. The van der Waals surface area contributed by atoms with Crippen LogP contribution in [0.1, 0.15) is 26.5 Å². The molecule has 7 nitrogen and oxygen atoms in total. The molecule has 0 aliphatic carbocycles. The summed E-state index contributed by atoms with van der Waals surface area (Å²) in [4.78, 5) is 31.7. The van der Waals surface area contributed by atoms with Crippen LogP contribution >= 0.6 is 22.9 Å². The van der Waals surface area contributed by atoms with E-state index in [-0.39, 0.29) is 9.90 Å². The highest BCUT2D eigenvalue weighted by Gasteiger charge is 2.24. The minimum absolute atomic E-state index is 0.268. The number of aryl methyl sites for hydroxylation is 1. The third-order valence-corrected chi connectivity index (χ3v) is 7.01.